The number of aryl methyl sites for hydroxylation is 1. The number of para-hydroxylation sites is 1. The molecule has 4 nitrogen and oxygen atoms in total. The zero-order valence-corrected chi connectivity index (χ0v) is 11.9. The predicted molar refractivity (Wildman–Crippen MR) is 83.7 cm³/mol. The van der Waals surface area contributed by atoms with Crippen molar-refractivity contribution in [1.29, 1.82) is 10.5 Å². The highest BCUT2D eigenvalue weighted by atomic mass is 16.1. The third-order valence-electron chi connectivity index (χ3n) is 3.63. The van der Waals surface area contributed by atoms with E-state index >= 15 is 0 Å². The van der Waals surface area contributed by atoms with Gasteiger partial charge in [0.15, 0.2) is 0 Å². The molecule has 1 aromatic heterocycles. The summed E-state index contributed by atoms with van der Waals surface area (Å²) in [5, 5.41) is 19.2. The summed E-state index contributed by atoms with van der Waals surface area (Å²) in [6.07, 6.45) is 0. The summed E-state index contributed by atoms with van der Waals surface area (Å²) in [6.45, 7) is 1.84. The highest BCUT2D eigenvalue weighted by Crippen LogP contribution is 2.19. The summed E-state index contributed by atoms with van der Waals surface area (Å²) < 4.78 is 1.48. The lowest BCUT2D eigenvalue weighted by Crippen LogP contribution is -2.21. The smallest absolute Gasteiger partial charge is 0.273 e. The van der Waals surface area contributed by atoms with Gasteiger partial charge in [0.2, 0.25) is 0 Å². The second kappa shape index (κ2) is 5.20. The summed E-state index contributed by atoms with van der Waals surface area (Å²) in [5.41, 5.74) is 2.35. The zero-order chi connectivity index (χ0) is 15.7. The molecule has 3 aromatic rings. The molecule has 0 atom stereocenters. The Morgan fingerprint density at radius 1 is 0.955 bits per heavy atom. The van der Waals surface area contributed by atoms with Gasteiger partial charge in [-0.2, -0.15) is 10.5 Å². The van der Waals surface area contributed by atoms with Gasteiger partial charge in [0.1, 0.15) is 11.6 Å². The van der Waals surface area contributed by atoms with Gasteiger partial charge in [0.05, 0.1) is 22.8 Å². The van der Waals surface area contributed by atoms with Crippen molar-refractivity contribution >= 4 is 10.9 Å². The van der Waals surface area contributed by atoms with Crippen LogP contribution in [0.5, 0.6) is 0 Å². The molecule has 0 unspecified atom stereocenters. The molecule has 0 spiro atoms. The third kappa shape index (κ3) is 2.04. The van der Waals surface area contributed by atoms with Crippen LogP contribution >= 0.6 is 0 Å². The molecule has 0 fully saturated rings. The minimum absolute atomic E-state index is 0.0813. The number of nitrogens with zero attached hydrogens (tertiary/aromatic N) is 3. The van der Waals surface area contributed by atoms with E-state index in [1.54, 1.807) is 24.3 Å². The first-order valence-corrected chi connectivity index (χ1v) is 6.71. The fourth-order valence-corrected chi connectivity index (χ4v) is 2.47. The second-order valence-corrected chi connectivity index (χ2v) is 4.98. The summed E-state index contributed by atoms with van der Waals surface area (Å²) in [7, 11) is 0. The number of fused-ring (bicyclic) bond motifs is 1. The van der Waals surface area contributed by atoms with E-state index in [4.69, 9.17) is 0 Å². The van der Waals surface area contributed by atoms with Crippen LogP contribution in [0, 0.1) is 29.6 Å². The molecule has 4 heteroatoms. The normalized spacial score (nSPS) is 10.1. The van der Waals surface area contributed by atoms with Crippen molar-refractivity contribution in [2.24, 2.45) is 0 Å². The molecule has 0 bridgehead atoms. The minimum atomic E-state index is -0.381. The molecule has 0 aliphatic heterocycles. The first-order valence-electron chi connectivity index (χ1n) is 6.71. The lowest BCUT2D eigenvalue weighted by Gasteiger charge is -2.12. The standard InChI is InChI=1S/C18H11N3O/c1-12-6-7-16(9-14(12)10-19)21-17-5-3-2-4-13(17)8-15(11-20)18(21)22/h2-9H,1H3. The topological polar surface area (TPSA) is 69.6 Å². The van der Waals surface area contributed by atoms with Gasteiger partial charge in [-0.15, -0.1) is 0 Å². The van der Waals surface area contributed by atoms with Crippen LogP contribution in [-0.4, -0.2) is 4.57 Å². The number of hydrogen-bond acceptors (Lipinski definition) is 3. The first kappa shape index (κ1) is 13.6. The molecule has 0 aliphatic carbocycles. The highest BCUT2D eigenvalue weighted by molar-refractivity contribution is 5.82. The molecular formula is C18H11N3O. The Bertz CT molecular complexity index is 1030. The molecule has 2 aromatic carbocycles. The van der Waals surface area contributed by atoms with E-state index in [0.29, 0.717) is 16.8 Å². The van der Waals surface area contributed by atoms with Crippen molar-refractivity contribution in [3.8, 4) is 17.8 Å². The van der Waals surface area contributed by atoms with Crippen molar-refractivity contribution < 1.29 is 0 Å². The van der Waals surface area contributed by atoms with Gasteiger partial charge in [-0.3, -0.25) is 9.36 Å². The van der Waals surface area contributed by atoms with Gasteiger partial charge < -0.3 is 0 Å². The monoisotopic (exact) mass is 285 g/mol. The Hall–Kier alpha value is -3.37. The Morgan fingerprint density at radius 3 is 2.41 bits per heavy atom. The Kier molecular flexibility index (Phi) is 3.21. The molecule has 22 heavy (non-hydrogen) atoms. The molecule has 104 valence electrons. The van der Waals surface area contributed by atoms with E-state index in [1.165, 1.54) is 4.57 Å². The first-order chi connectivity index (χ1) is 10.7. The number of benzene rings is 2. The minimum Gasteiger partial charge on any atom is -0.276 e. The molecule has 0 aliphatic rings. The number of hydrogen-bond donors (Lipinski definition) is 0. The van der Waals surface area contributed by atoms with Gasteiger partial charge >= 0.3 is 0 Å². The zero-order valence-electron chi connectivity index (χ0n) is 11.9. The van der Waals surface area contributed by atoms with Gasteiger partial charge in [0.25, 0.3) is 5.56 Å². The molecular weight excluding hydrogens is 274 g/mol. The molecule has 0 N–H and O–H groups in total. The van der Waals surface area contributed by atoms with Gasteiger partial charge in [-0.25, -0.2) is 0 Å². The fourth-order valence-electron chi connectivity index (χ4n) is 2.47. The maximum absolute atomic E-state index is 12.6. The van der Waals surface area contributed by atoms with Crippen LogP contribution in [0.1, 0.15) is 16.7 Å². The summed E-state index contributed by atoms with van der Waals surface area (Å²) in [6, 6.07) is 18.3. The van der Waals surface area contributed by atoms with E-state index in [-0.39, 0.29) is 11.1 Å². The van der Waals surface area contributed by atoms with Gasteiger partial charge in [-0.1, -0.05) is 24.3 Å². The Labute approximate surface area is 127 Å². The summed E-state index contributed by atoms with van der Waals surface area (Å²) in [4.78, 5) is 12.6. The van der Waals surface area contributed by atoms with Gasteiger partial charge in [0, 0.05) is 5.39 Å². The Balaban J connectivity index is 2.45. The molecule has 0 saturated heterocycles. The van der Waals surface area contributed by atoms with E-state index < -0.39 is 0 Å². The van der Waals surface area contributed by atoms with Crippen molar-refractivity contribution in [3.63, 3.8) is 0 Å². The quantitative estimate of drug-likeness (QED) is 0.690. The maximum Gasteiger partial charge on any atom is 0.273 e. The Morgan fingerprint density at radius 2 is 1.68 bits per heavy atom. The lowest BCUT2D eigenvalue weighted by atomic mass is 10.1. The average Bonchev–Trinajstić information content (AvgIpc) is 2.55. The highest BCUT2D eigenvalue weighted by Gasteiger charge is 2.11. The van der Waals surface area contributed by atoms with Crippen LogP contribution in [0.15, 0.2) is 53.3 Å². The lowest BCUT2D eigenvalue weighted by molar-refractivity contribution is 1.03. The van der Waals surface area contributed by atoms with Crippen LogP contribution in [-0.2, 0) is 0 Å². The largest absolute Gasteiger partial charge is 0.276 e. The molecule has 0 radical (unpaired) electrons. The number of rotatable bonds is 1. The van der Waals surface area contributed by atoms with E-state index in [2.05, 4.69) is 6.07 Å². The van der Waals surface area contributed by atoms with Crippen LogP contribution in [0.4, 0.5) is 0 Å². The SMILES string of the molecule is Cc1ccc(-n2c(=O)c(C#N)cc3ccccc32)cc1C#N. The summed E-state index contributed by atoms with van der Waals surface area (Å²) in [5.74, 6) is 0. The van der Waals surface area contributed by atoms with Crippen LogP contribution in [0.3, 0.4) is 0 Å². The van der Waals surface area contributed by atoms with Crippen LogP contribution in [0.25, 0.3) is 16.6 Å². The summed E-state index contributed by atoms with van der Waals surface area (Å²) >= 11 is 0. The number of pyridine rings is 1. The second-order valence-electron chi connectivity index (χ2n) is 4.98. The number of aromatic nitrogens is 1. The molecule has 1 heterocycles. The predicted octanol–water partition coefficient (Wildman–Crippen LogP) is 3.04. The maximum atomic E-state index is 12.6. The van der Waals surface area contributed by atoms with Crippen molar-refractivity contribution in [3.05, 3.63) is 75.6 Å². The van der Waals surface area contributed by atoms with Crippen molar-refractivity contribution in [2.45, 2.75) is 6.92 Å². The van der Waals surface area contributed by atoms with Crippen LogP contribution in [0.2, 0.25) is 0 Å². The van der Waals surface area contributed by atoms with E-state index in [9.17, 15) is 15.3 Å². The number of nitriles is 2. The molecule has 0 amide bonds. The third-order valence-corrected chi connectivity index (χ3v) is 3.63. The average molecular weight is 285 g/mol. The van der Waals surface area contributed by atoms with Gasteiger partial charge in [-0.05, 0) is 36.8 Å². The van der Waals surface area contributed by atoms with Crippen molar-refractivity contribution in [1.82, 2.24) is 4.57 Å². The van der Waals surface area contributed by atoms with Crippen LogP contribution < -0.4 is 5.56 Å². The van der Waals surface area contributed by atoms with E-state index in [1.807, 2.05) is 37.3 Å². The fraction of sp³-hybridized carbons (Fsp3) is 0.0556. The molecule has 3 rings (SSSR count). The van der Waals surface area contributed by atoms with E-state index in [0.717, 1.165) is 10.9 Å². The van der Waals surface area contributed by atoms with Crippen molar-refractivity contribution in [2.75, 3.05) is 0 Å². The molecule has 0 saturated carbocycles.